The van der Waals surface area contributed by atoms with Gasteiger partial charge in [-0.2, -0.15) is 0 Å². The summed E-state index contributed by atoms with van der Waals surface area (Å²) in [6, 6.07) is 6.32. The van der Waals surface area contributed by atoms with E-state index in [1.54, 1.807) is 0 Å². The van der Waals surface area contributed by atoms with Gasteiger partial charge in [-0.3, -0.25) is 0 Å². The Morgan fingerprint density at radius 2 is 2.20 bits per heavy atom. The number of nitrogens with zero attached hydrogens (tertiary/aromatic N) is 1. The number of hydrogen-bond acceptors (Lipinski definition) is 1. The molecule has 0 radical (unpaired) electrons. The highest BCUT2D eigenvalue weighted by molar-refractivity contribution is 9.10. The van der Waals surface area contributed by atoms with Crippen molar-refractivity contribution in [3.63, 3.8) is 0 Å². The Hall–Kier alpha value is -0.800. The monoisotopic (exact) mass is 267 g/mol. The summed E-state index contributed by atoms with van der Waals surface area (Å²) in [6.07, 6.45) is 2.13. The maximum atomic E-state index is 5.45. The summed E-state index contributed by atoms with van der Waals surface area (Å²) in [6.45, 7) is 3.45. The summed E-state index contributed by atoms with van der Waals surface area (Å²) < 4.78 is 8.70. The van der Waals surface area contributed by atoms with Crippen LogP contribution in [0.3, 0.4) is 0 Å². The highest BCUT2D eigenvalue weighted by atomic mass is 79.9. The third-order valence-electron chi connectivity index (χ3n) is 2.50. The van der Waals surface area contributed by atoms with Crippen LogP contribution in [0.25, 0.3) is 10.9 Å². The number of fused-ring (bicyclic) bond motifs is 1. The molecular weight excluding hydrogens is 254 g/mol. The predicted octanol–water partition coefficient (Wildman–Crippen LogP) is 3.48. The molecule has 0 bridgehead atoms. The van der Waals surface area contributed by atoms with Crippen molar-refractivity contribution in [3.8, 4) is 0 Å². The number of ether oxygens (including phenoxy) is 1. The molecule has 0 aliphatic rings. The first-order chi connectivity index (χ1) is 7.22. The smallest absolute Gasteiger partial charge is 0.0737 e. The average molecular weight is 268 g/mol. The van der Waals surface area contributed by atoms with Gasteiger partial charge in [0.25, 0.3) is 0 Å². The van der Waals surface area contributed by atoms with Crippen molar-refractivity contribution in [2.24, 2.45) is 7.05 Å². The summed E-state index contributed by atoms with van der Waals surface area (Å²) in [4.78, 5) is 0. The quantitative estimate of drug-likeness (QED) is 0.831. The minimum absolute atomic E-state index is 0.685. The fourth-order valence-corrected chi connectivity index (χ4v) is 2.13. The van der Waals surface area contributed by atoms with Gasteiger partial charge in [-0.15, -0.1) is 0 Å². The molecule has 0 N–H and O–H groups in total. The lowest BCUT2D eigenvalue weighted by Crippen LogP contribution is -1.90. The molecule has 0 amide bonds. The van der Waals surface area contributed by atoms with Crippen LogP contribution in [0, 0.1) is 0 Å². The molecule has 1 heterocycles. The van der Waals surface area contributed by atoms with Gasteiger partial charge in [0.1, 0.15) is 0 Å². The molecule has 80 valence electrons. The van der Waals surface area contributed by atoms with E-state index in [1.165, 1.54) is 16.5 Å². The molecule has 0 aliphatic heterocycles. The number of rotatable bonds is 3. The number of benzene rings is 1. The molecule has 3 heteroatoms. The number of halogens is 1. The van der Waals surface area contributed by atoms with Crippen molar-refractivity contribution < 1.29 is 4.74 Å². The lowest BCUT2D eigenvalue weighted by Gasteiger charge is -1.99. The Morgan fingerprint density at radius 1 is 1.40 bits per heavy atom. The van der Waals surface area contributed by atoms with Crippen molar-refractivity contribution in [2.45, 2.75) is 13.5 Å². The Balaban J connectivity index is 2.49. The van der Waals surface area contributed by atoms with Gasteiger partial charge >= 0.3 is 0 Å². The molecule has 2 aromatic rings. The second-order valence-corrected chi connectivity index (χ2v) is 4.48. The molecule has 0 saturated carbocycles. The van der Waals surface area contributed by atoms with Crippen molar-refractivity contribution in [2.75, 3.05) is 6.61 Å². The van der Waals surface area contributed by atoms with Crippen LogP contribution in [0.1, 0.15) is 12.5 Å². The molecule has 0 unspecified atom stereocenters. The second kappa shape index (κ2) is 4.37. The van der Waals surface area contributed by atoms with Gasteiger partial charge in [-0.25, -0.2) is 0 Å². The van der Waals surface area contributed by atoms with E-state index in [-0.39, 0.29) is 0 Å². The van der Waals surface area contributed by atoms with E-state index < -0.39 is 0 Å². The number of aryl methyl sites for hydroxylation is 1. The first-order valence-corrected chi connectivity index (χ1v) is 5.83. The highest BCUT2D eigenvalue weighted by Gasteiger charge is 2.06. The molecule has 15 heavy (non-hydrogen) atoms. The molecule has 0 fully saturated rings. The van der Waals surface area contributed by atoms with E-state index in [0.717, 1.165) is 11.1 Å². The fourth-order valence-electron chi connectivity index (χ4n) is 1.77. The zero-order chi connectivity index (χ0) is 10.8. The van der Waals surface area contributed by atoms with Crippen LogP contribution < -0.4 is 0 Å². The van der Waals surface area contributed by atoms with E-state index in [1.807, 2.05) is 6.92 Å². The van der Waals surface area contributed by atoms with Crippen molar-refractivity contribution in [1.82, 2.24) is 4.57 Å². The number of hydrogen-bond donors (Lipinski definition) is 0. The Morgan fingerprint density at radius 3 is 2.93 bits per heavy atom. The molecule has 1 aromatic carbocycles. The predicted molar refractivity (Wildman–Crippen MR) is 65.9 cm³/mol. The molecule has 0 spiro atoms. The Kier molecular flexibility index (Phi) is 3.12. The van der Waals surface area contributed by atoms with Gasteiger partial charge in [-0.1, -0.05) is 15.9 Å². The lowest BCUT2D eigenvalue weighted by atomic mass is 10.2. The zero-order valence-electron chi connectivity index (χ0n) is 8.96. The summed E-state index contributed by atoms with van der Waals surface area (Å²) in [7, 11) is 2.06. The molecule has 0 atom stereocenters. The molecule has 2 nitrogen and oxygen atoms in total. The van der Waals surface area contributed by atoms with Crippen LogP contribution in [0.15, 0.2) is 28.9 Å². The lowest BCUT2D eigenvalue weighted by molar-refractivity contribution is 0.135. The first kappa shape index (κ1) is 10.7. The summed E-state index contributed by atoms with van der Waals surface area (Å²) >= 11 is 3.49. The fraction of sp³-hybridized carbons (Fsp3) is 0.333. The zero-order valence-corrected chi connectivity index (χ0v) is 10.5. The van der Waals surface area contributed by atoms with E-state index in [2.05, 4.69) is 51.9 Å². The first-order valence-electron chi connectivity index (χ1n) is 5.03. The van der Waals surface area contributed by atoms with Crippen LogP contribution in [0.5, 0.6) is 0 Å². The third-order valence-corrected chi connectivity index (χ3v) is 2.99. The molecular formula is C12H14BrNO. The van der Waals surface area contributed by atoms with Crippen LogP contribution in [0.2, 0.25) is 0 Å². The summed E-state index contributed by atoms with van der Waals surface area (Å²) in [5.41, 5.74) is 2.49. The van der Waals surface area contributed by atoms with E-state index in [0.29, 0.717) is 6.61 Å². The van der Waals surface area contributed by atoms with Crippen LogP contribution in [0.4, 0.5) is 0 Å². The molecule has 1 aromatic heterocycles. The maximum Gasteiger partial charge on any atom is 0.0737 e. The minimum Gasteiger partial charge on any atom is -0.377 e. The topological polar surface area (TPSA) is 14.2 Å². The average Bonchev–Trinajstić information content (AvgIpc) is 2.52. The maximum absolute atomic E-state index is 5.45. The van der Waals surface area contributed by atoms with Crippen LogP contribution in [-0.2, 0) is 18.4 Å². The summed E-state index contributed by atoms with van der Waals surface area (Å²) in [5, 5.41) is 1.26. The Bertz CT molecular complexity index is 476. The Labute approximate surface area is 98.0 Å². The van der Waals surface area contributed by atoms with Crippen LogP contribution in [-0.4, -0.2) is 11.2 Å². The van der Waals surface area contributed by atoms with Gasteiger partial charge in [0.15, 0.2) is 0 Å². The van der Waals surface area contributed by atoms with Crippen molar-refractivity contribution >= 4 is 26.8 Å². The minimum atomic E-state index is 0.685. The third kappa shape index (κ3) is 2.08. The molecule has 2 rings (SSSR count). The van der Waals surface area contributed by atoms with Gasteiger partial charge in [0.05, 0.1) is 6.61 Å². The SMILES string of the molecule is CCOCc1cn(C)c2ccc(Br)cc12. The standard InChI is InChI=1S/C12H14BrNO/c1-3-15-8-9-7-14(2)12-5-4-10(13)6-11(9)12/h4-7H,3,8H2,1-2H3. The van der Waals surface area contributed by atoms with Crippen LogP contribution >= 0.6 is 15.9 Å². The van der Waals surface area contributed by atoms with Gasteiger partial charge in [0, 0.05) is 40.8 Å². The highest BCUT2D eigenvalue weighted by Crippen LogP contribution is 2.24. The second-order valence-electron chi connectivity index (χ2n) is 3.56. The van der Waals surface area contributed by atoms with E-state index >= 15 is 0 Å². The van der Waals surface area contributed by atoms with Crippen molar-refractivity contribution in [3.05, 3.63) is 34.4 Å². The molecule has 0 saturated heterocycles. The number of aromatic nitrogens is 1. The van der Waals surface area contributed by atoms with Crippen molar-refractivity contribution in [1.29, 1.82) is 0 Å². The molecule has 0 aliphatic carbocycles. The van der Waals surface area contributed by atoms with E-state index in [9.17, 15) is 0 Å². The normalized spacial score (nSPS) is 11.1. The van der Waals surface area contributed by atoms with Gasteiger partial charge in [0.2, 0.25) is 0 Å². The van der Waals surface area contributed by atoms with Gasteiger partial charge in [-0.05, 0) is 25.1 Å². The van der Waals surface area contributed by atoms with Gasteiger partial charge < -0.3 is 9.30 Å². The van der Waals surface area contributed by atoms with E-state index in [4.69, 9.17) is 4.74 Å². The largest absolute Gasteiger partial charge is 0.377 e. The summed E-state index contributed by atoms with van der Waals surface area (Å²) in [5.74, 6) is 0.